The molecule has 0 aromatic heterocycles. The zero-order valence-electron chi connectivity index (χ0n) is 12.0. The van der Waals surface area contributed by atoms with Crippen molar-refractivity contribution < 1.29 is 10.2 Å². The van der Waals surface area contributed by atoms with E-state index in [1.165, 1.54) is 11.1 Å². The van der Waals surface area contributed by atoms with Crippen LogP contribution in [0.2, 0.25) is 0 Å². The number of benzene rings is 1. The molecule has 0 aliphatic heterocycles. The summed E-state index contributed by atoms with van der Waals surface area (Å²) in [4.78, 5) is 2.05. The van der Waals surface area contributed by atoms with Gasteiger partial charge in [-0.15, -0.1) is 0 Å². The van der Waals surface area contributed by atoms with Crippen LogP contribution in [-0.4, -0.2) is 41.4 Å². The number of rotatable bonds is 6. The molecule has 0 saturated carbocycles. The maximum atomic E-state index is 9.05. The summed E-state index contributed by atoms with van der Waals surface area (Å²) in [6.45, 7) is 8.70. The Kier molecular flexibility index (Phi) is 6.47. The molecule has 0 aliphatic carbocycles. The molecule has 0 fully saturated rings. The number of halogens is 1. The maximum Gasteiger partial charge on any atom is 0.0558 e. The molecule has 0 saturated heterocycles. The smallest absolute Gasteiger partial charge is 0.0558 e. The lowest BCUT2D eigenvalue weighted by molar-refractivity contribution is 0.156. The van der Waals surface area contributed by atoms with E-state index in [2.05, 4.69) is 54.9 Å². The van der Waals surface area contributed by atoms with Crippen LogP contribution in [0.15, 0.2) is 22.7 Å². The van der Waals surface area contributed by atoms with E-state index in [9.17, 15) is 0 Å². The Morgan fingerprint density at radius 1 is 1.05 bits per heavy atom. The predicted molar refractivity (Wildman–Crippen MR) is 82.3 cm³/mol. The van der Waals surface area contributed by atoms with Gasteiger partial charge in [0.25, 0.3) is 0 Å². The number of aliphatic hydroxyl groups is 2. The van der Waals surface area contributed by atoms with Crippen LogP contribution in [0.5, 0.6) is 0 Å². The van der Waals surface area contributed by atoms with Gasteiger partial charge >= 0.3 is 0 Å². The van der Waals surface area contributed by atoms with E-state index < -0.39 is 0 Å². The van der Waals surface area contributed by atoms with Gasteiger partial charge in [-0.2, -0.15) is 0 Å². The van der Waals surface area contributed by atoms with Crippen LogP contribution in [0.4, 0.5) is 0 Å². The molecule has 0 unspecified atom stereocenters. The fourth-order valence-electron chi connectivity index (χ4n) is 1.99. The summed E-state index contributed by atoms with van der Waals surface area (Å²) in [5, 5.41) is 18.1. The molecule has 0 heterocycles. The Morgan fingerprint density at radius 2 is 1.63 bits per heavy atom. The van der Waals surface area contributed by atoms with Crippen molar-refractivity contribution in [2.45, 2.75) is 32.7 Å². The first-order chi connectivity index (χ1) is 8.86. The summed E-state index contributed by atoms with van der Waals surface area (Å²) in [5.74, 6) is 0. The molecule has 0 spiro atoms. The van der Waals surface area contributed by atoms with Gasteiger partial charge in [-0.05, 0) is 28.7 Å². The fourth-order valence-corrected chi connectivity index (χ4v) is 2.53. The van der Waals surface area contributed by atoms with Gasteiger partial charge in [0, 0.05) is 24.1 Å². The van der Waals surface area contributed by atoms with Gasteiger partial charge in [-0.1, -0.05) is 42.8 Å². The van der Waals surface area contributed by atoms with Crippen LogP contribution in [0.3, 0.4) is 0 Å². The van der Waals surface area contributed by atoms with E-state index >= 15 is 0 Å². The summed E-state index contributed by atoms with van der Waals surface area (Å²) in [5.41, 5.74) is 2.59. The Morgan fingerprint density at radius 3 is 2.11 bits per heavy atom. The molecule has 0 atom stereocenters. The number of nitrogens with zero attached hydrogens (tertiary/aromatic N) is 1. The van der Waals surface area contributed by atoms with E-state index in [1.54, 1.807) is 0 Å². The van der Waals surface area contributed by atoms with E-state index in [1.807, 2.05) is 4.90 Å². The number of hydrogen-bond acceptors (Lipinski definition) is 3. The van der Waals surface area contributed by atoms with Crippen LogP contribution >= 0.6 is 15.9 Å². The first-order valence-electron chi connectivity index (χ1n) is 6.61. The Hall–Kier alpha value is -0.420. The van der Waals surface area contributed by atoms with Crippen molar-refractivity contribution in [1.29, 1.82) is 0 Å². The average Bonchev–Trinajstić information content (AvgIpc) is 2.27. The van der Waals surface area contributed by atoms with Gasteiger partial charge in [0.05, 0.1) is 13.2 Å². The van der Waals surface area contributed by atoms with Gasteiger partial charge < -0.3 is 10.2 Å². The molecule has 108 valence electrons. The van der Waals surface area contributed by atoms with Crippen molar-refractivity contribution in [3.8, 4) is 0 Å². The molecule has 4 heteroatoms. The van der Waals surface area contributed by atoms with E-state index in [-0.39, 0.29) is 18.6 Å². The third-order valence-corrected chi connectivity index (χ3v) is 3.52. The molecule has 19 heavy (non-hydrogen) atoms. The van der Waals surface area contributed by atoms with Crippen molar-refractivity contribution in [2.75, 3.05) is 26.3 Å². The third-order valence-electron chi connectivity index (χ3n) is 3.06. The van der Waals surface area contributed by atoms with Crippen molar-refractivity contribution in [3.63, 3.8) is 0 Å². The molecular weight excluding hydrogens is 306 g/mol. The zero-order chi connectivity index (χ0) is 14.5. The molecule has 0 amide bonds. The van der Waals surface area contributed by atoms with Gasteiger partial charge in [0.2, 0.25) is 0 Å². The van der Waals surface area contributed by atoms with Crippen LogP contribution < -0.4 is 0 Å². The third kappa shape index (κ3) is 5.61. The summed E-state index contributed by atoms with van der Waals surface area (Å²) in [6, 6.07) is 6.44. The fraction of sp³-hybridized carbons (Fsp3) is 0.600. The summed E-state index contributed by atoms with van der Waals surface area (Å²) < 4.78 is 1.07. The topological polar surface area (TPSA) is 43.7 Å². The quantitative estimate of drug-likeness (QED) is 0.842. The largest absolute Gasteiger partial charge is 0.395 e. The van der Waals surface area contributed by atoms with Gasteiger partial charge in [0.1, 0.15) is 0 Å². The summed E-state index contributed by atoms with van der Waals surface area (Å²) in [7, 11) is 0. The van der Waals surface area contributed by atoms with Crippen LogP contribution in [0.1, 0.15) is 31.9 Å². The molecular formula is C15H24BrNO2. The molecule has 3 nitrogen and oxygen atoms in total. The molecule has 0 radical (unpaired) electrons. The highest BCUT2D eigenvalue weighted by molar-refractivity contribution is 9.10. The minimum absolute atomic E-state index is 0.108. The van der Waals surface area contributed by atoms with Gasteiger partial charge in [-0.25, -0.2) is 0 Å². The van der Waals surface area contributed by atoms with E-state index in [4.69, 9.17) is 10.2 Å². The maximum absolute atomic E-state index is 9.05. The minimum atomic E-state index is 0.108. The Balaban J connectivity index is 2.90. The number of aliphatic hydroxyl groups excluding tert-OH is 2. The SMILES string of the molecule is CC(C)(C)c1cc(Br)cc(CN(CCO)CCO)c1. The lowest BCUT2D eigenvalue weighted by atomic mass is 9.86. The first-order valence-corrected chi connectivity index (χ1v) is 7.40. The number of hydrogen-bond donors (Lipinski definition) is 2. The predicted octanol–water partition coefficient (Wildman–Crippen LogP) is 2.53. The molecule has 2 N–H and O–H groups in total. The molecule has 1 aromatic carbocycles. The zero-order valence-corrected chi connectivity index (χ0v) is 13.6. The molecule has 1 rings (SSSR count). The normalized spacial score (nSPS) is 12.2. The second-order valence-corrected chi connectivity index (χ2v) is 6.74. The van der Waals surface area contributed by atoms with Crippen LogP contribution in [-0.2, 0) is 12.0 Å². The summed E-state index contributed by atoms with van der Waals surface area (Å²) >= 11 is 3.56. The molecule has 0 aliphatic rings. The average molecular weight is 330 g/mol. The van der Waals surface area contributed by atoms with Crippen LogP contribution in [0, 0.1) is 0 Å². The second kappa shape index (κ2) is 7.39. The molecule has 1 aromatic rings. The summed E-state index contributed by atoms with van der Waals surface area (Å²) in [6.07, 6.45) is 0. The highest BCUT2D eigenvalue weighted by Crippen LogP contribution is 2.27. The Bertz CT molecular complexity index is 396. The highest BCUT2D eigenvalue weighted by Gasteiger charge is 2.15. The second-order valence-electron chi connectivity index (χ2n) is 5.82. The standard InChI is InChI=1S/C15H24BrNO2/c1-15(2,3)13-8-12(9-14(16)10-13)11-17(4-6-18)5-7-19/h8-10,18-19H,4-7,11H2,1-3H3. The Labute approximate surface area is 124 Å². The molecule has 0 bridgehead atoms. The van der Waals surface area contributed by atoms with Gasteiger partial charge in [0.15, 0.2) is 0 Å². The monoisotopic (exact) mass is 329 g/mol. The highest BCUT2D eigenvalue weighted by atomic mass is 79.9. The van der Waals surface area contributed by atoms with Gasteiger partial charge in [-0.3, -0.25) is 4.90 Å². The first kappa shape index (κ1) is 16.6. The van der Waals surface area contributed by atoms with Crippen molar-refractivity contribution in [1.82, 2.24) is 4.90 Å². The lowest BCUT2D eigenvalue weighted by Crippen LogP contribution is -2.29. The van der Waals surface area contributed by atoms with Crippen LogP contribution in [0.25, 0.3) is 0 Å². The van der Waals surface area contributed by atoms with Crippen molar-refractivity contribution in [3.05, 3.63) is 33.8 Å². The van der Waals surface area contributed by atoms with Crippen molar-refractivity contribution >= 4 is 15.9 Å². The van der Waals surface area contributed by atoms with Crippen molar-refractivity contribution in [2.24, 2.45) is 0 Å². The van der Waals surface area contributed by atoms with E-state index in [0.717, 1.165) is 11.0 Å². The minimum Gasteiger partial charge on any atom is -0.395 e. The lowest BCUT2D eigenvalue weighted by Gasteiger charge is -2.23. The van der Waals surface area contributed by atoms with E-state index in [0.29, 0.717) is 13.1 Å².